The number of alkyl halides is 1. The van der Waals surface area contributed by atoms with Gasteiger partial charge in [-0.2, -0.15) is 0 Å². The molecular weight excluding hydrogens is 844 g/mol. The molecule has 0 saturated heterocycles. The van der Waals surface area contributed by atoms with Crippen LogP contribution in [0.2, 0.25) is 0 Å². The molecule has 0 aliphatic carbocycles. The second kappa shape index (κ2) is 28.0. The first-order valence-corrected chi connectivity index (χ1v) is 18.6. The van der Waals surface area contributed by atoms with Gasteiger partial charge in [-0.3, -0.25) is 9.59 Å². The van der Waals surface area contributed by atoms with Gasteiger partial charge in [0.15, 0.2) is 0 Å². The van der Waals surface area contributed by atoms with Gasteiger partial charge in [0.05, 0.1) is 19.8 Å². The van der Waals surface area contributed by atoms with Crippen LogP contribution in [0.25, 0.3) is 0 Å². The molecule has 2 amide bonds. The molecule has 15 heteroatoms. The number of ether oxygens (including phenoxy) is 4. The minimum atomic E-state index is -0.490. The SMILES string of the molecule is C.C.CC(C)(C)OC(=O)N1CCc2ccc(CN)cc2C1.CCOC(=O)CBr.CCOC(=O)CNCc1ccc2c(c1)CN(C(=O)OC(C)(C)C)CC2.[B].[Y]. The van der Waals surface area contributed by atoms with Gasteiger partial charge in [-0.1, -0.05) is 67.2 Å². The van der Waals surface area contributed by atoms with Crippen molar-refractivity contribution >= 4 is 48.5 Å². The zero-order valence-electron chi connectivity index (χ0n) is 32.7. The van der Waals surface area contributed by atoms with Gasteiger partial charge in [0.2, 0.25) is 0 Å². The molecule has 0 spiro atoms. The third-order valence-corrected chi connectivity index (χ3v) is 7.88. The van der Waals surface area contributed by atoms with E-state index < -0.39 is 11.2 Å². The first-order valence-electron chi connectivity index (χ1n) is 17.4. The fourth-order valence-electron chi connectivity index (χ4n) is 5.14. The Hall–Kier alpha value is -2.51. The van der Waals surface area contributed by atoms with Crippen LogP contribution in [0.15, 0.2) is 36.4 Å². The number of hydrogen-bond donors (Lipinski definition) is 2. The number of fused-ring (bicyclic) bond motifs is 2. The second-order valence-electron chi connectivity index (χ2n) is 14.1. The van der Waals surface area contributed by atoms with Crippen molar-refractivity contribution in [3.8, 4) is 0 Å². The molecule has 3 N–H and O–H groups in total. The van der Waals surface area contributed by atoms with Crippen LogP contribution in [-0.2, 0) is 100 Å². The van der Waals surface area contributed by atoms with E-state index in [4.69, 9.17) is 19.9 Å². The number of rotatable bonds is 8. The maximum absolute atomic E-state index is 12.3. The molecular formula is C40H65BBrN4O8Y. The van der Waals surface area contributed by atoms with Gasteiger partial charge in [-0.25, -0.2) is 9.59 Å². The van der Waals surface area contributed by atoms with Crippen molar-refractivity contribution in [1.29, 1.82) is 0 Å². The Balaban J connectivity index is -0.000000805. The summed E-state index contributed by atoms with van der Waals surface area (Å²) in [5.74, 6) is -0.459. The van der Waals surface area contributed by atoms with E-state index in [2.05, 4.69) is 62.4 Å². The van der Waals surface area contributed by atoms with Gasteiger partial charge in [0.1, 0.15) is 16.5 Å². The number of halogens is 1. The third kappa shape index (κ3) is 22.1. The molecule has 2 aromatic rings. The molecule has 4 rings (SSSR count). The van der Waals surface area contributed by atoms with E-state index in [-0.39, 0.29) is 86.6 Å². The van der Waals surface area contributed by atoms with Crippen LogP contribution in [-0.4, -0.2) is 91.7 Å². The summed E-state index contributed by atoms with van der Waals surface area (Å²) in [7, 11) is 0. The molecule has 0 unspecified atom stereocenters. The zero-order chi connectivity index (χ0) is 38.2. The van der Waals surface area contributed by atoms with Crippen molar-refractivity contribution in [2.45, 2.75) is 120 Å². The Morgan fingerprint density at radius 2 is 1.15 bits per heavy atom. The molecule has 12 nitrogen and oxygen atoms in total. The predicted octanol–water partition coefficient (Wildman–Crippen LogP) is 6.90. The predicted molar refractivity (Wildman–Crippen MR) is 219 cm³/mol. The minimum absolute atomic E-state index is 0. The number of carbonyl (C=O) groups excluding carboxylic acids is 4. The minimum Gasteiger partial charge on any atom is -0.465 e. The van der Waals surface area contributed by atoms with Crippen molar-refractivity contribution < 1.29 is 70.8 Å². The maximum Gasteiger partial charge on any atom is 0.410 e. The van der Waals surface area contributed by atoms with E-state index >= 15 is 0 Å². The van der Waals surface area contributed by atoms with Gasteiger partial charge in [0, 0.05) is 80.4 Å². The Labute approximate surface area is 366 Å². The summed E-state index contributed by atoms with van der Waals surface area (Å²) in [4.78, 5) is 49.3. The van der Waals surface area contributed by atoms with Crippen LogP contribution in [0.4, 0.5) is 9.59 Å². The molecule has 0 aromatic heterocycles. The summed E-state index contributed by atoms with van der Waals surface area (Å²) in [6.45, 7) is 19.5. The molecule has 2 aliphatic heterocycles. The summed E-state index contributed by atoms with van der Waals surface area (Å²) in [6.07, 6.45) is 1.19. The van der Waals surface area contributed by atoms with E-state index in [0.29, 0.717) is 57.8 Å². The summed E-state index contributed by atoms with van der Waals surface area (Å²) in [5, 5.41) is 3.37. The van der Waals surface area contributed by atoms with Crippen LogP contribution in [0, 0.1) is 0 Å². The number of esters is 2. The second-order valence-corrected chi connectivity index (χ2v) is 14.6. The fourth-order valence-corrected chi connectivity index (χ4v) is 5.30. The van der Waals surface area contributed by atoms with E-state index in [9.17, 15) is 19.2 Å². The smallest absolute Gasteiger partial charge is 0.410 e. The van der Waals surface area contributed by atoms with Crippen LogP contribution in [0.1, 0.15) is 104 Å². The van der Waals surface area contributed by atoms with Crippen LogP contribution in [0.3, 0.4) is 0 Å². The van der Waals surface area contributed by atoms with Crippen molar-refractivity contribution in [1.82, 2.24) is 15.1 Å². The molecule has 4 radical (unpaired) electrons. The molecule has 0 bridgehead atoms. The Bertz CT molecular complexity index is 1470. The van der Waals surface area contributed by atoms with Gasteiger partial charge < -0.3 is 39.8 Å². The largest absolute Gasteiger partial charge is 0.465 e. The van der Waals surface area contributed by atoms with Crippen LogP contribution < -0.4 is 11.1 Å². The van der Waals surface area contributed by atoms with Gasteiger partial charge in [-0.15, -0.1) is 0 Å². The van der Waals surface area contributed by atoms with Crippen molar-refractivity contribution in [3.63, 3.8) is 0 Å². The number of nitrogens with zero attached hydrogens (tertiary/aromatic N) is 2. The number of amides is 2. The maximum atomic E-state index is 12.3. The van der Waals surface area contributed by atoms with E-state index in [1.807, 2.05) is 41.5 Å². The van der Waals surface area contributed by atoms with E-state index in [0.717, 1.165) is 29.5 Å². The molecule has 2 heterocycles. The molecule has 0 saturated carbocycles. The molecule has 306 valence electrons. The first-order chi connectivity index (χ1) is 24.0. The Kier molecular flexibility index (Phi) is 28.9. The van der Waals surface area contributed by atoms with Gasteiger partial charge in [-0.05, 0) is 102 Å². The zero-order valence-corrected chi connectivity index (χ0v) is 37.1. The van der Waals surface area contributed by atoms with Crippen molar-refractivity contribution in [2.75, 3.05) is 38.2 Å². The Morgan fingerprint density at radius 1 is 0.727 bits per heavy atom. The number of benzene rings is 2. The Morgan fingerprint density at radius 3 is 1.53 bits per heavy atom. The quantitative estimate of drug-likeness (QED) is 0.124. The van der Waals surface area contributed by atoms with E-state index in [1.165, 1.54) is 16.7 Å². The number of hydrogen-bond acceptors (Lipinski definition) is 10. The molecule has 2 aromatic carbocycles. The first kappa shape index (κ1) is 56.8. The van der Waals surface area contributed by atoms with Crippen LogP contribution >= 0.6 is 15.9 Å². The van der Waals surface area contributed by atoms with Crippen molar-refractivity contribution in [2.24, 2.45) is 5.73 Å². The monoisotopic (exact) mass is 908 g/mol. The summed E-state index contributed by atoms with van der Waals surface area (Å²) < 4.78 is 20.3. The normalized spacial score (nSPS) is 12.6. The summed E-state index contributed by atoms with van der Waals surface area (Å²) in [5.41, 5.74) is 11.8. The summed E-state index contributed by atoms with van der Waals surface area (Å²) >= 11 is 2.94. The fraction of sp³-hybridized carbons (Fsp3) is 0.600. The van der Waals surface area contributed by atoms with Gasteiger partial charge in [0.25, 0.3) is 0 Å². The number of carbonyl (C=O) groups is 4. The average Bonchev–Trinajstić information content (AvgIpc) is 3.06. The van der Waals surface area contributed by atoms with Gasteiger partial charge >= 0.3 is 24.1 Å². The molecule has 2 aliphatic rings. The standard InChI is InChI=1S/C19H28N2O4.C15H22N2O2.C4H7BrO2.2CH4.B.Y/c1-5-24-17(22)12-20-11-14-6-7-15-8-9-21(13-16(15)10-14)18(23)25-19(2,3)4;1-15(2,3)19-14(18)17-7-6-12-5-4-11(9-16)8-13(12)10-17;1-2-7-4(6)3-5;;;;/h6-7,10,20H,5,8-9,11-13H2,1-4H3;4-5,8H,6-7,9-10,16H2,1-3H3;2-3H2,1H3;2*1H4;;. The molecule has 0 fully saturated rings. The average molecular weight is 910 g/mol. The van der Waals surface area contributed by atoms with Crippen molar-refractivity contribution in [3.05, 3.63) is 69.8 Å². The third-order valence-electron chi connectivity index (χ3n) is 7.42. The number of nitrogens with one attached hydrogen (secondary N) is 1. The molecule has 55 heavy (non-hydrogen) atoms. The topological polar surface area (TPSA) is 150 Å². The molecule has 0 atom stereocenters. The summed E-state index contributed by atoms with van der Waals surface area (Å²) in [6, 6.07) is 12.5. The number of nitrogens with two attached hydrogens (primary N) is 1. The van der Waals surface area contributed by atoms with E-state index in [1.54, 1.807) is 23.6 Å². The van der Waals surface area contributed by atoms with Crippen LogP contribution in [0.5, 0.6) is 0 Å².